The third-order valence-corrected chi connectivity index (χ3v) is 6.04. The summed E-state index contributed by atoms with van der Waals surface area (Å²) in [6.45, 7) is 11.6. The topological polar surface area (TPSA) is 89.5 Å². The van der Waals surface area contributed by atoms with Gasteiger partial charge in [0, 0.05) is 47.4 Å². The number of nitrogens with zero attached hydrogens (tertiary/aromatic N) is 3. The summed E-state index contributed by atoms with van der Waals surface area (Å²) >= 11 is 0. The van der Waals surface area contributed by atoms with E-state index in [-0.39, 0.29) is 0 Å². The van der Waals surface area contributed by atoms with Crippen molar-refractivity contribution in [3.8, 4) is 28.3 Å². The van der Waals surface area contributed by atoms with E-state index in [1.807, 2.05) is 45.4 Å². The van der Waals surface area contributed by atoms with Gasteiger partial charge in [-0.05, 0) is 55.3 Å². The molecule has 4 N–H and O–H groups in total. The highest BCUT2D eigenvalue weighted by molar-refractivity contribution is 6.83. The highest BCUT2D eigenvalue weighted by Gasteiger charge is 2.16. The molecule has 0 spiro atoms. The molecule has 0 bridgehead atoms. The maximum Gasteiger partial charge on any atom is 0.200 e. The number of benzene rings is 2. The smallest absolute Gasteiger partial charge is 0.200 e. The quantitative estimate of drug-likeness (QED) is 0.355. The first-order valence-electron chi connectivity index (χ1n) is 11.7. The number of fused-ring (bicyclic) bond motifs is 1. The van der Waals surface area contributed by atoms with Gasteiger partial charge in [-0.15, -0.1) is 5.54 Å². The number of anilines is 2. The van der Waals surface area contributed by atoms with Gasteiger partial charge in [0.05, 0.1) is 12.7 Å². The van der Waals surface area contributed by atoms with E-state index in [1.54, 1.807) is 4.68 Å². The summed E-state index contributed by atoms with van der Waals surface area (Å²) in [5, 5.41) is 11.1. The van der Waals surface area contributed by atoms with Crippen molar-refractivity contribution in [1.82, 2.24) is 9.78 Å². The number of nitrogens with one attached hydrogen (secondary N) is 2. The Morgan fingerprint density at radius 3 is 2.66 bits per heavy atom. The normalized spacial score (nSPS) is 13.2. The second-order valence-electron chi connectivity index (χ2n) is 10.7. The van der Waals surface area contributed by atoms with Crippen LogP contribution in [0.5, 0.6) is 5.75 Å². The molecule has 0 amide bonds. The second-order valence-corrected chi connectivity index (χ2v) is 15.5. The van der Waals surface area contributed by atoms with Crippen LogP contribution in [0.25, 0.3) is 11.1 Å². The SMILES string of the molecule is Cn1cc(-c2cc(NC3=NCc4cc(C#C[Si](C)(C)C)ccc4N3)cc(OCC(C)(C)N)c2)cn1. The van der Waals surface area contributed by atoms with Crippen LogP contribution in [0.15, 0.2) is 53.8 Å². The van der Waals surface area contributed by atoms with E-state index in [0.717, 1.165) is 39.4 Å². The lowest BCUT2D eigenvalue weighted by atomic mass is 10.1. The van der Waals surface area contributed by atoms with Gasteiger partial charge in [0.15, 0.2) is 0 Å². The minimum atomic E-state index is -1.42. The molecule has 0 saturated heterocycles. The Morgan fingerprint density at radius 1 is 1.17 bits per heavy atom. The molecule has 0 aliphatic carbocycles. The number of hydrogen-bond donors (Lipinski definition) is 3. The zero-order valence-corrected chi connectivity index (χ0v) is 22.4. The second kappa shape index (κ2) is 9.60. The van der Waals surface area contributed by atoms with E-state index < -0.39 is 13.6 Å². The number of aryl methyl sites for hydroxylation is 1. The molecule has 2 heterocycles. The van der Waals surface area contributed by atoms with Crippen molar-refractivity contribution in [3.63, 3.8) is 0 Å². The largest absolute Gasteiger partial charge is 0.492 e. The number of rotatable bonds is 5. The van der Waals surface area contributed by atoms with Crippen LogP contribution in [0.1, 0.15) is 25.0 Å². The maximum absolute atomic E-state index is 6.13. The summed E-state index contributed by atoms with van der Waals surface area (Å²) < 4.78 is 7.81. The molecular formula is C27H34N6OSi. The summed E-state index contributed by atoms with van der Waals surface area (Å²) in [6.07, 6.45) is 3.82. The molecule has 0 fully saturated rings. The average Bonchev–Trinajstić information content (AvgIpc) is 3.21. The summed E-state index contributed by atoms with van der Waals surface area (Å²) in [7, 11) is 0.487. The van der Waals surface area contributed by atoms with Crippen LogP contribution < -0.4 is 21.1 Å². The Labute approximate surface area is 208 Å². The zero-order chi connectivity index (χ0) is 25.2. The van der Waals surface area contributed by atoms with Crippen molar-refractivity contribution >= 4 is 25.4 Å². The average molecular weight is 487 g/mol. The van der Waals surface area contributed by atoms with E-state index in [1.165, 1.54) is 0 Å². The molecule has 0 saturated carbocycles. The third kappa shape index (κ3) is 6.98. The van der Waals surface area contributed by atoms with Gasteiger partial charge in [-0.2, -0.15) is 5.10 Å². The van der Waals surface area contributed by atoms with Crippen LogP contribution >= 0.6 is 0 Å². The zero-order valence-electron chi connectivity index (χ0n) is 21.4. The first-order chi connectivity index (χ1) is 16.4. The van der Waals surface area contributed by atoms with Gasteiger partial charge in [0.25, 0.3) is 0 Å². The van der Waals surface area contributed by atoms with E-state index in [0.29, 0.717) is 19.1 Å². The minimum Gasteiger partial charge on any atom is -0.492 e. The molecule has 1 aliphatic rings. The molecule has 35 heavy (non-hydrogen) atoms. The van der Waals surface area contributed by atoms with Gasteiger partial charge in [-0.3, -0.25) is 4.68 Å². The number of ether oxygens (including phenoxy) is 1. The molecule has 8 heteroatoms. The van der Waals surface area contributed by atoms with Crippen molar-refractivity contribution in [2.45, 2.75) is 45.6 Å². The third-order valence-electron chi connectivity index (χ3n) is 5.17. The van der Waals surface area contributed by atoms with Crippen molar-refractivity contribution in [1.29, 1.82) is 0 Å². The molecule has 2 aromatic carbocycles. The van der Waals surface area contributed by atoms with Crippen LogP contribution in [-0.4, -0.2) is 36.0 Å². The highest BCUT2D eigenvalue weighted by atomic mass is 28.3. The van der Waals surface area contributed by atoms with E-state index in [4.69, 9.17) is 15.5 Å². The number of guanidine groups is 1. The molecule has 7 nitrogen and oxygen atoms in total. The Bertz CT molecular complexity index is 1320. The van der Waals surface area contributed by atoms with Gasteiger partial charge in [-0.25, -0.2) is 4.99 Å². The van der Waals surface area contributed by atoms with Gasteiger partial charge in [0.2, 0.25) is 5.96 Å². The van der Waals surface area contributed by atoms with Crippen molar-refractivity contribution in [2.75, 3.05) is 17.2 Å². The number of nitrogens with two attached hydrogens (primary N) is 1. The Kier molecular flexibility index (Phi) is 6.74. The van der Waals surface area contributed by atoms with Gasteiger partial charge in [-0.1, -0.05) is 25.6 Å². The van der Waals surface area contributed by atoms with Gasteiger partial charge in [0.1, 0.15) is 20.4 Å². The standard InChI is InChI=1S/C27H34N6OSi/c1-27(2,28)18-34-24-13-20(22-16-30-33(3)17-22)12-23(14-24)31-26-29-15-21-11-19(7-8-25(21)32-26)9-10-35(4,5)6/h7-8,11-14,16-17H,15,18,28H2,1-6H3,(H2,29,31,32). The summed E-state index contributed by atoms with van der Waals surface area (Å²) in [5.41, 5.74) is 15.2. The Balaban J connectivity index is 1.55. The Hall–Kier alpha value is -3.54. The minimum absolute atomic E-state index is 0.401. The molecule has 0 atom stereocenters. The van der Waals surface area contributed by atoms with Crippen LogP contribution in [0, 0.1) is 11.5 Å². The fraction of sp³-hybridized carbons (Fsp3) is 0.333. The number of aliphatic imine (C=N–C) groups is 1. The predicted octanol–water partition coefficient (Wildman–Crippen LogP) is 4.83. The van der Waals surface area contributed by atoms with Crippen molar-refractivity contribution in [3.05, 3.63) is 59.9 Å². The number of hydrogen-bond acceptors (Lipinski definition) is 6. The van der Waals surface area contributed by atoms with E-state index >= 15 is 0 Å². The lowest BCUT2D eigenvalue weighted by Crippen LogP contribution is -2.38. The fourth-order valence-corrected chi connectivity index (χ4v) is 4.00. The molecule has 4 rings (SSSR count). The van der Waals surface area contributed by atoms with Crippen LogP contribution in [-0.2, 0) is 13.6 Å². The van der Waals surface area contributed by atoms with Crippen LogP contribution in [0.2, 0.25) is 19.6 Å². The van der Waals surface area contributed by atoms with Crippen molar-refractivity contribution in [2.24, 2.45) is 17.8 Å². The molecule has 1 aromatic heterocycles. The van der Waals surface area contributed by atoms with E-state index in [9.17, 15) is 0 Å². The van der Waals surface area contributed by atoms with Gasteiger partial charge >= 0.3 is 0 Å². The van der Waals surface area contributed by atoms with Gasteiger partial charge < -0.3 is 21.1 Å². The molecular weight excluding hydrogens is 452 g/mol. The molecule has 1 aliphatic heterocycles. The molecule has 0 radical (unpaired) electrons. The Morgan fingerprint density at radius 2 is 1.97 bits per heavy atom. The monoisotopic (exact) mass is 486 g/mol. The van der Waals surface area contributed by atoms with Crippen LogP contribution in [0.3, 0.4) is 0 Å². The summed E-state index contributed by atoms with van der Waals surface area (Å²) in [5.74, 6) is 4.75. The van der Waals surface area contributed by atoms with Crippen LogP contribution in [0.4, 0.5) is 11.4 Å². The van der Waals surface area contributed by atoms with Crippen molar-refractivity contribution < 1.29 is 4.74 Å². The van der Waals surface area contributed by atoms with E-state index in [2.05, 4.69) is 71.1 Å². The first-order valence-corrected chi connectivity index (χ1v) is 15.2. The molecule has 3 aromatic rings. The lowest BCUT2D eigenvalue weighted by Gasteiger charge is -2.22. The number of aromatic nitrogens is 2. The molecule has 0 unspecified atom stereocenters. The summed E-state index contributed by atoms with van der Waals surface area (Å²) in [4.78, 5) is 4.72. The fourth-order valence-electron chi connectivity index (χ4n) is 3.48. The maximum atomic E-state index is 6.13. The predicted molar refractivity (Wildman–Crippen MR) is 147 cm³/mol. The first kappa shape index (κ1) is 24.6. The molecule has 182 valence electrons. The summed E-state index contributed by atoms with van der Waals surface area (Å²) in [6, 6.07) is 12.3. The highest BCUT2D eigenvalue weighted by Crippen LogP contribution is 2.30. The lowest BCUT2D eigenvalue weighted by molar-refractivity contribution is 0.243.